The van der Waals surface area contributed by atoms with Crippen molar-refractivity contribution in [1.82, 2.24) is 14.8 Å². The monoisotopic (exact) mass is 431 g/mol. The van der Waals surface area contributed by atoms with Crippen LogP contribution in [0.3, 0.4) is 0 Å². The van der Waals surface area contributed by atoms with E-state index < -0.39 is 0 Å². The highest BCUT2D eigenvalue weighted by Gasteiger charge is 2.32. The number of ketones is 1. The predicted molar refractivity (Wildman–Crippen MR) is 120 cm³/mol. The number of benzene rings is 1. The number of hydrogen-bond donors (Lipinski definition) is 1. The molecule has 3 rings (SSSR count). The first-order valence-corrected chi connectivity index (χ1v) is 11.6. The van der Waals surface area contributed by atoms with Gasteiger partial charge in [-0.15, -0.1) is 10.2 Å². The summed E-state index contributed by atoms with van der Waals surface area (Å²) in [7, 11) is 0. The maximum Gasteiger partial charge on any atom is 0.138 e. The van der Waals surface area contributed by atoms with Crippen LogP contribution in [0.2, 0.25) is 5.02 Å². The van der Waals surface area contributed by atoms with Crippen molar-refractivity contribution in [2.24, 2.45) is 5.92 Å². The fourth-order valence-corrected chi connectivity index (χ4v) is 4.19. The molecule has 1 atom stereocenters. The largest absolute Gasteiger partial charge is 0.396 e. The van der Waals surface area contributed by atoms with Crippen LogP contribution in [0, 0.1) is 12.8 Å². The van der Waals surface area contributed by atoms with Gasteiger partial charge in [-0.2, -0.15) is 0 Å². The van der Waals surface area contributed by atoms with Gasteiger partial charge in [-0.1, -0.05) is 37.6 Å². The van der Waals surface area contributed by atoms with Gasteiger partial charge >= 0.3 is 0 Å². The molecule has 0 amide bonds. The van der Waals surface area contributed by atoms with Crippen LogP contribution in [-0.2, 0) is 17.6 Å². The third kappa shape index (κ3) is 5.92. The lowest BCUT2D eigenvalue weighted by Crippen LogP contribution is -2.16. The maximum absolute atomic E-state index is 13.0. The molecule has 30 heavy (non-hydrogen) atoms. The van der Waals surface area contributed by atoms with Crippen LogP contribution in [0.15, 0.2) is 18.2 Å². The highest BCUT2D eigenvalue weighted by atomic mass is 35.5. The number of rotatable bonds is 12. The molecule has 1 fully saturated rings. The van der Waals surface area contributed by atoms with Gasteiger partial charge in [-0.25, -0.2) is 0 Å². The van der Waals surface area contributed by atoms with Crippen molar-refractivity contribution in [3.05, 3.63) is 46.0 Å². The second-order valence-corrected chi connectivity index (χ2v) is 9.42. The number of Topliss-reactive ketones (excluding diaryl/α,β-unsaturated/α-hetero) is 1. The van der Waals surface area contributed by atoms with Crippen molar-refractivity contribution < 1.29 is 9.90 Å². The highest BCUT2D eigenvalue weighted by Crippen LogP contribution is 2.40. The second kappa shape index (κ2) is 10.5. The molecular formula is C24H34ClN3O2. The molecule has 0 radical (unpaired) electrons. The third-order valence-electron chi connectivity index (χ3n) is 5.97. The topological polar surface area (TPSA) is 68.0 Å². The number of carbonyl (C=O) groups is 1. The molecule has 0 saturated heterocycles. The Bertz CT molecular complexity index is 858. The third-order valence-corrected chi connectivity index (χ3v) is 6.38. The Hall–Kier alpha value is -1.72. The van der Waals surface area contributed by atoms with E-state index in [1.54, 1.807) is 0 Å². The first kappa shape index (κ1) is 23.0. The quantitative estimate of drug-likeness (QED) is 0.500. The van der Waals surface area contributed by atoms with Gasteiger partial charge in [0.05, 0.1) is 0 Å². The lowest BCUT2D eigenvalue weighted by molar-refractivity contribution is -0.118. The number of aryl methyl sites for hydroxylation is 1. The lowest BCUT2D eigenvalue weighted by Gasteiger charge is -2.18. The van der Waals surface area contributed by atoms with E-state index in [1.807, 2.05) is 25.1 Å². The predicted octanol–water partition coefficient (Wildman–Crippen LogP) is 5.22. The van der Waals surface area contributed by atoms with Gasteiger partial charge in [0.15, 0.2) is 0 Å². The van der Waals surface area contributed by atoms with Crippen molar-refractivity contribution in [3.63, 3.8) is 0 Å². The van der Waals surface area contributed by atoms with E-state index in [0.717, 1.165) is 54.9 Å². The Kier molecular flexibility index (Phi) is 8.06. The molecule has 0 aliphatic heterocycles. The minimum absolute atomic E-state index is 0.00922. The van der Waals surface area contributed by atoms with Crippen LogP contribution in [-0.4, -0.2) is 32.3 Å². The van der Waals surface area contributed by atoms with Crippen LogP contribution < -0.4 is 0 Å². The van der Waals surface area contributed by atoms with Gasteiger partial charge in [-0.05, 0) is 62.1 Å². The number of hydrogen-bond acceptors (Lipinski definition) is 4. The maximum atomic E-state index is 13.0. The minimum Gasteiger partial charge on any atom is -0.396 e. The van der Waals surface area contributed by atoms with Gasteiger partial charge in [0.1, 0.15) is 17.4 Å². The molecule has 1 heterocycles. The normalized spacial score (nSPS) is 15.0. The number of aliphatic hydroxyl groups excluding tert-OH is 1. The zero-order valence-electron chi connectivity index (χ0n) is 18.4. The molecule has 1 unspecified atom stereocenters. The van der Waals surface area contributed by atoms with Crippen molar-refractivity contribution in [2.75, 3.05) is 6.61 Å². The van der Waals surface area contributed by atoms with Crippen LogP contribution in [0.4, 0.5) is 0 Å². The van der Waals surface area contributed by atoms with Crippen LogP contribution in [0.5, 0.6) is 0 Å². The van der Waals surface area contributed by atoms with Crippen LogP contribution in [0.1, 0.15) is 87.1 Å². The molecule has 5 nitrogen and oxygen atoms in total. The van der Waals surface area contributed by atoms with Gasteiger partial charge in [0.2, 0.25) is 0 Å². The average molecular weight is 432 g/mol. The highest BCUT2D eigenvalue weighted by molar-refractivity contribution is 6.31. The summed E-state index contributed by atoms with van der Waals surface area (Å²) in [5.74, 6) is 2.77. The SMILES string of the molecule is Cc1c(Cl)cccc1CC(=O)CC(CCCO)c1nnc(CCC(C)C)n1C1CC1. The van der Waals surface area contributed by atoms with E-state index in [9.17, 15) is 9.90 Å². The molecule has 2 aromatic rings. The molecule has 1 aliphatic carbocycles. The van der Waals surface area contributed by atoms with Gasteiger partial charge in [0.25, 0.3) is 0 Å². The van der Waals surface area contributed by atoms with E-state index in [0.29, 0.717) is 36.2 Å². The summed E-state index contributed by atoms with van der Waals surface area (Å²) in [5.41, 5.74) is 1.95. The molecule has 1 saturated carbocycles. The number of aliphatic hydroxyl groups is 1. The summed E-state index contributed by atoms with van der Waals surface area (Å²) in [5, 5.41) is 19.2. The van der Waals surface area contributed by atoms with Crippen molar-refractivity contribution >= 4 is 17.4 Å². The molecule has 164 valence electrons. The van der Waals surface area contributed by atoms with E-state index >= 15 is 0 Å². The van der Waals surface area contributed by atoms with Crippen LogP contribution in [0.25, 0.3) is 0 Å². The van der Waals surface area contributed by atoms with E-state index in [2.05, 4.69) is 28.6 Å². The Morgan fingerprint density at radius 1 is 1.27 bits per heavy atom. The molecule has 6 heteroatoms. The van der Waals surface area contributed by atoms with Gasteiger partial charge in [0, 0.05) is 42.9 Å². The Morgan fingerprint density at radius 3 is 2.70 bits per heavy atom. The number of carbonyl (C=O) groups excluding carboxylic acids is 1. The van der Waals surface area contributed by atoms with Gasteiger partial charge in [-0.3, -0.25) is 4.79 Å². The summed E-state index contributed by atoms with van der Waals surface area (Å²) in [4.78, 5) is 13.0. The first-order valence-electron chi connectivity index (χ1n) is 11.2. The van der Waals surface area contributed by atoms with Crippen molar-refractivity contribution in [2.45, 2.75) is 84.1 Å². The molecule has 1 aromatic carbocycles. The number of halogens is 1. The zero-order valence-corrected chi connectivity index (χ0v) is 19.2. The molecule has 1 aliphatic rings. The fraction of sp³-hybridized carbons (Fsp3) is 0.625. The Labute approximate surface area is 184 Å². The smallest absolute Gasteiger partial charge is 0.138 e. The molecule has 1 N–H and O–H groups in total. The summed E-state index contributed by atoms with van der Waals surface area (Å²) < 4.78 is 2.31. The first-order chi connectivity index (χ1) is 14.4. The van der Waals surface area contributed by atoms with E-state index in [-0.39, 0.29) is 18.3 Å². The summed E-state index contributed by atoms with van der Waals surface area (Å²) in [6, 6.07) is 6.19. The summed E-state index contributed by atoms with van der Waals surface area (Å²) >= 11 is 6.22. The standard InChI is InChI=1S/C24H34ClN3O2/c1-16(2)9-12-23-26-27-24(28(23)20-10-11-20)19(7-5-13-29)15-21(30)14-18-6-4-8-22(25)17(18)3/h4,6,8,16,19-20,29H,5,7,9-15H2,1-3H3. The summed E-state index contributed by atoms with van der Waals surface area (Å²) in [6.07, 6.45) is 6.51. The summed E-state index contributed by atoms with van der Waals surface area (Å²) in [6.45, 7) is 6.52. The molecule has 0 bridgehead atoms. The molecular weight excluding hydrogens is 398 g/mol. The lowest BCUT2D eigenvalue weighted by atomic mass is 9.92. The van der Waals surface area contributed by atoms with E-state index in [1.165, 1.54) is 0 Å². The minimum atomic E-state index is -0.00922. The van der Waals surface area contributed by atoms with Crippen molar-refractivity contribution in [3.8, 4) is 0 Å². The second-order valence-electron chi connectivity index (χ2n) is 9.01. The van der Waals surface area contributed by atoms with E-state index in [4.69, 9.17) is 11.6 Å². The average Bonchev–Trinajstić information content (AvgIpc) is 3.46. The number of aromatic nitrogens is 3. The molecule has 0 spiro atoms. The number of nitrogens with zero attached hydrogens (tertiary/aromatic N) is 3. The Balaban J connectivity index is 1.78. The fourth-order valence-electron chi connectivity index (χ4n) is 4.00. The van der Waals surface area contributed by atoms with Gasteiger partial charge < -0.3 is 9.67 Å². The molecule has 1 aromatic heterocycles. The zero-order chi connectivity index (χ0) is 21.7. The van der Waals surface area contributed by atoms with Crippen molar-refractivity contribution in [1.29, 1.82) is 0 Å². The van der Waals surface area contributed by atoms with Crippen LogP contribution >= 0.6 is 11.6 Å². The Morgan fingerprint density at radius 2 is 2.03 bits per heavy atom.